The number of benzene rings is 1. The minimum absolute atomic E-state index is 0.170. The summed E-state index contributed by atoms with van der Waals surface area (Å²) in [6.07, 6.45) is 6.37. The molecule has 1 aliphatic heterocycles. The van der Waals surface area contributed by atoms with Crippen LogP contribution in [0, 0.1) is 0 Å². The third-order valence-corrected chi connectivity index (χ3v) is 6.15. The number of hydrogen-bond donors (Lipinski definition) is 0. The smallest absolute Gasteiger partial charge is 0.235 e. The zero-order chi connectivity index (χ0) is 20.6. The topological polar surface area (TPSA) is 60.2 Å². The Morgan fingerprint density at radius 3 is 2.59 bits per heavy atom. The second-order valence-corrected chi connectivity index (χ2v) is 8.78. The molecule has 156 valence electrons. The summed E-state index contributed by atoms with van der Waals surface area (Å²) in [6, 6.07) is 7.19. The van der Waals surface area contributed by atoms with Crippen molar-refractivity contribution in [1.29, 1.82) is 0 Å². The van der Waals surface area contributed by atoms with Gasteiger partial charge in [-0.1, -0.05) is 42.3 Å². The quantitative estimate of drug-likeness (QED) is 0.449. The summed E-state index contributed by atoms with van der Waals surface area (Å²) in [5.41, 5.74) is 0. The summed E-state index contributed by atoms with van der Waals surface area (Å²) in [7, 11) is 0. The molecular formula is C21H27ClN4O2S. The van der Waals surface area contributed by atoms with Crippen molar-refractivity contribution in [1.82, 2.24) is 19.7 Å². The molecule has 0 N–H and O–H groups in total. The zero-order valence-electron chi connectivity index (χ0n) is 16.7. The predicted octanol–water partition coefficient (Wildman–Crippen LogP) is 4.58. The summed E-state index contributed by atoms with van der Waals surface area (Å²) in [6.45, 7) is 8.30. The van der Waals surface area contributed by atoms with Crippen LogP contribution in [-0.4, -0.2) is 43.9 Å². The Hall–Kier alpha value is -1.99. The number of hydrogen-bond acceptors (Lipinski definition) is 5. The number of allylic oxidation sites excluding steroid dienone is 1. The number of carbonyl (C=O) groups is 1. The molecule has 1 fully saturated rings. The molecule has 29 heavy (non-hydrogen) atoms. The molecule has 0 spiro atoms. The predicted molar refractivity (Wildman–Crippen MR) is 116 cm³/mol. The van der Waals surface area contributed by atoms with Crippen LogP contribution in [0.2, 0.25) is 5.02 Å². The molecule has 0 saturated carbocycles. The van der Waals surface area contributed by atoms with Crippen LogP contribution in [0.3, 0.4) is 0 Å². The Morgan fingerprint density at radius 2 is 1.93 bits per heavy atom. The van der Waals surface area contributed by atoms with Gasteiger partial charge in [-0.05, 0) is 44.0 Å². The number of thioether (sulfide) groups is 1. The van der Waals surface area contributed by atoms with E-state index in [2.05, 4.69) is 16.8 Å². The van der Waals surface area contributed by atoms with Gasteiger partial charge in [-0.15, -0.1) is 16.8 Å². The normalized spacial score (nSPS) is 15.6. The van der Waals surface area contributed by atoms with Crippen molar-refractivity contribution >= 4 is 29.3 Å². The number of aromatic nitrogens is 3. The van der Waals surface area contributed by atoms with E-state index in [0.29, 0.717) is 28.3 Å². The number of rotatable bonds is 8. The van der Waals surface area contributed by atoms with Gasteiger partial charge < -0.3 is 9.64 Å². The van der Waals surface area contributed by atoms with Crippen molar-refractivity contribution in [3.05, 3.63) is 47.8 Å². The van der Waals surface area contributed by atoms with Gasteiger partial charge in [-0.25, -0.2) is 0 Å². The maximum absolute atomic E-state index is 12.9. The highest BCUT2D eigenvalue weighted by Gasteiger charge is 2.25. The molecule has 1 aromatic heterocycles. The Labute approximate surface area is 181 Å². The first-order valence-electron chi connectivity index (χ1n) is 9.95. The van der Waals surface area contributed by atoms with Gasteiger partial charge in [0.05, 0.1) is 5.25 Å². The van der Waals surface area contributed by atoms with E-state index in [4.69, 9.17) is 16.3 Å². The molecule has 1 saturated heterocycles. The minimum atomic E-state index is -0.217. The lowest BCUT2D eigenvalue weighted by atomic mass is 10.2. The zero-order valence-corrected chi connectivity index (χ0v) is 18.3. The van der Waals surface area contributed by atoms with Crippen LogP contribution in [0.1, 0.15) is 38.4 Å². The average molecular weight is 435 g/mol. The van der Waals surface area contributed by atoms with E-state index in [0.717, 1.165) is 25.9 Å². The molecule has 8 heteroatoms. The van der Waals surface area contributed by atoms with Crippen LogP contribution in [0.4, 0.5) is 0 Å². The van der Waals surface area contributed by atoms with Gasteiger partial charge in [0.25, 0.3) is 0 Å². The van der Waals surface area contributed by atoms with Crippen LogP contribution in [0.5, 0.6) is 5.75 Å². The number of likely N-dealkylation sites (tertiary alicyclic amines) is 1. The van der Waals surface area contributed by atoms with Gasteiger partial charge in [-0.2, -0.15) is 0 Å². The summed E-state index contributed by atoms with van der Waals surface area (Å²) in [5, 5.41) is 9.73. The van der Waals surface area contributed by atoms with Crippen LogP contribution < -0.4 is 4.74 Å². The maximum atomic E-state index is 12.9. The van der Waals surface area contributed by atoms with Crippen LogP contribution in [0.15, 0.2) is 42.1 Å². The molecule has 2 heterocycles. The maximum Gasteiger partial charge on any atom is 0.235 e. The second-order valence-electron chi connectivity index (χ2n) is 7.04. The molecule has 1 aliphatic rings. The van der Waals surface area contributed by atoms with Crippen LogP contribution in [-0.2, 0) is 17.9 Å². The summed E-state index contributed by atoms with van der Waals surface area (Å²) < 4.78 is 7.75. The highest BCUT2D eigenvalue weighted by atomic mass is 35.5. The third-order valence-electron chi connectivity index (χ3n) is 4.83. The fraction of sp³-hybridized carbons (Fsp3) is 0.476. The largest absolute Gasteiger partial charge is 0.486 e. The molecule has 1 aromatic carbocycles. The van der Waals surface area contributed by atoms with Crippen LogP contribution in [0.25, 0.3) is 0 Å². The number of amides is 1. The molecule has 1 amide bonds. The van der Waals surface area contributed by atoms with Crippen molar-refractivity contribution in [3.8, 4) is 5.75 Å². The van der Waals surface area contributed by atoms with Crippen molar-refractivity contribution in [3.63, 3.8) is 0 Å². The first-order chi connectivity index (χ1) is 14.1. The number of nitrogens with zero attached hydrogens (tertiary/aromatic N) is 4. The van der Waals surface area contributed by atoms with E-state index < -0.39 is 0 Å². The van der Waals surface area contributed by atoms with Crippen molar-refractivity contribution in [2.45, 2.75) is 56.2 Å². The first-order valence-corrected chi connectivity index (χ1v) is 11.2. The summed E-state index contributed by atoms with van der Waals surface area (Å²) >= 11 is 7.35. The lowest BCUT2D eigenvalue weighted by Crippen LogP contribution is -2.37. The highest BCUT2D eigenvalue weighted by Crippen LogP contribution is 2.25. The Balaban J connectivity index is 1.66. The number of ether oxygens (including phenoxy) is 1. The number of carbonyl (C=O) groups excluding carboxylic acids is 1. The summed E-state index contributed by atoms with van der Waals surface area (Å²) in [5.74, 6) is 1.57. The van der Waals surface area contributed by atoms with Crippen LogP contribution >= 0.6 is 23.4 Å². The van der Waals surface area contributed by atoms with Crippen molar-refractivity contribution < 1.29 is 9.53 Å². The molecule has 1 atom stereocenters. The Kier molecular flexibility index (Phi) is 8.00. The Bertz CT molecular complexity index is 817. The molecule has 0 radical (unpaired) electrons. The van der Waals surface area contributed by atoms with Crippen molar-refractivity contribution in [2.75, 3.05) is 13.1 Å². The molecule has 0 bridgehead atoms. The SMILES string of the molecule is C=CCn1c(COc2ccc(Cl)cc2)nnc1SC(C)C(=O)N1CCCCCC1. The third kappa shape index (κ3) is 6.00. The summed E-state index contributed by atoms with van der Waals surface area (Å²) in [4.78, 5) is 14.9. The molecular weight excluding hydrogens is 408 g/mol. The Morgan fingerprint density at radius 1 is 1.24 bits per heavy atom. The molecule has 1 unspecified atom stereocenters. The van der Waals surface area contributed by atoms with Crippen molar-refractivity contribution in [2.24, 2.45) is 0 Å². The van der Waals surface area contributed by atoms with E-state index >= 15 is 0 Å². The van der Waals surface area contributed by atoms with Gasteiger partial charge >= 0.3 is 0 Å². The molecule has 2 aromatic rings. The van der Waals surface area contributed by atoms with Gasteiger partial charge in [0.15, 0.2) is 11.0 Å². The number of halogens is 1. The minimum Gasteiger partial charge on any atom is -0.486 e. The second kappa shape index (κ2) is 10.7. The molecule has 3 rings (SSSR count). The molecule has 6 nitrogen and oxygen atoms in total. The lowest BCUT2D eigenvalue weighted by Gasteiger charge is -2.23. The van der Waals surface area contributed by atoms with E-state index in [9.17, 15) is 4.79 Å². The average Bonchev–Trinajstić information content (AvgIpc) is 2.92. The molecule has 0 aliphatic carbocycles. The van der Waals surface area contributed by atoms with Gasteiger partial charge in [0.1, 0.15) is 12.4 Å². The highest BCUT2D eigenvalue weighted by molar-refractivity contribution is 8.00. The van der Waals surface area contributed by atoms with E-state index in [-0.39, 0.29) is 17.8 Å². The van der Waals surface area contributed by atoms with E-state index in [1.807, 2.05) is 28.5 Å². The monoisotopic (exact) mass is 434 g/mol. The standard InChI is InChI=1S/C21H27ClN4O2S/c1-3-12-26-19(15-28-18-10-8-17(22)9-11-18)23-24-21(26)29-16(2)20(27)25-13-6-4-5-7-14-25/h3,8-11,16H,1,4-7,12-15H2,2H3. The fourth-order valence-electron chi connectivity index (χ4n) is 3.26. The fourth-order valence-corrected chi connectivity index (χ4v) is 4.35. The van der Waals surface area contributed by atoms with Gasteiger partial charge in [0, 0.05) is 24.7 Å². The first kappa shape index (κ1) is 21.7. The van der Waals surface area contributed by atoms with Gasteiger partial charge in [-0.3, -0.25) is 9.36 Å². The van der Waals surface area contributed by atoms with Gasteiger partial charge in [0.2, 0.25) is 5.91 Å². The lowest BCUT2D eigenvalue weighted by molar-refractivity contribution is -0.130. The van der Waals surface area contributed by atoms with E-state index in [1.54, 1.807) is 18.2 Å². The van der Waals surface area contributed by atoms with E-state index in [1.165, 1.54) is 24.6 Å².